The molecule has 0 bridgehead atoms. The molecule has 34 heavy (non-hydrogen) atoms. The first-order chi connectivity index (χ1) is 15.9. The second-order valence-corrected chi connectivity index (χ2v) is 8.68. The number of hydrogen-bond donors (Lipinski definition) is 0. The molecule has 6 nitrogen and oxygen atoms in total. The summed E-state index contributed by atoms with van der Waals surface area (Å²) in [6.07, 6.45) is 0. The molecule has 3 aromatic carbocycles. The van der Waals surface area contributed by atoms with Crippen LogP contribution in [0.3, 0.4) is 0 Å². The highest BCUT2D eigenvalue weighted by atomic mass is 32.2. The lowest BCUT2D eigenvalue weighted by atomic mass is 10.0. The molecular weight excluding hydrogens is 491 g/mol. The Balaban J connectivity index is 0.000000350. The first-order valence-corrected chi connectivity index (χ1v) is 11.4. The average molecular weight is 510 g/mol. The second kappa shape index (κ2) is 9.92. The van der Waals surface area contributed by atoms with E-state index in [1.807, 2.05) is 48.5 Å². The molecule has 0 saturated carbocycles. The standard InChI is InChI=1S/C22H18NO2S.CHF3O3S/c1-23-19-9-5-3-7-17(19)21(18-8-4-6-10-20(18)23)22(26)25-16-13-11-15(24-2)12-14-16;2-1(3,4)8(5,6)7/h3-14H,1-2H3;(H,5,6,7)/q+1;/p-1. The number of ether oxygens (including phenoxy) is 2. The van der Waals surface area contributed by atoms with Crippen LogP contribution in [0.5, 0.6) is 11.5 Å². The van der Waals surface area contributed by atoms with Gasteiger partial charge in [0.05, 0.1) is 23.4 Å². The minimum absolute atomic E-state index is 0.461. The number of nitrogens with zero attached hydrogens (tertiary/aromatic N) is 1. The normalized spacial score (nSPS) is 11.6. The molecule has 0 amide bonds. The topological polar surface area (TPSA) is 79.5 Å². The second-order valence-electron chi connectivity index (χ2n) is 6.93. The molecule has 0 aliphatic heterocycles. The Kier molecular flexibility index (Phi) is 7.39. The van der Waals surface area contributed by atoms with E-state index >= 15 is 0 Å². The summed E-state index contributed by atoms with van der Waals surface area (Å²) in [5, 5.41) is 2.61. The number of pyridine rings is 1. The summed E-state index contributed by atoms with van der Waals surface area (Å²) in [7, 11) is -2.38. The van der Waals surface area contributed by atoms with Crippen molar-refractivity contribution in [1.29, 1.82) is 0 Å². The lowest BCUT2D eigenvalue weighted by Gasteiger charge is -2.12. The number of aromatic nitrogens is 1. The maximum absolute atomic E-state index is 10.7. The van der Waals surface area contributed by atoms with Crippen LogP contribution in [0.25, 0.3) is 21.8 Å². The Hall–Kier alpha value is -3.28. The highest BCUT2D eigenvalue weighted by Crippen LogP contribution is 2.27. The third-order valence-corrected chi connectivity index (χ3v) is 5.68. The first-order valence-electron chi connectivity index (χ1n) is 9.62. The van der Waals surface area contributed by atoms with Crippen LogP contribution >= 0.6 is 12.2 Å². The minimum atomic E-state index is -6.09. The van der Waals surface area contributed by atoms with Crippen LogP contribution in [0, 0.1) is 0 Å². The van der Waals surface area contributed by atoms with Crippen molar-refractivity contribution in [2.45, 2.75) is 5.51 Å². The fraction of sp³-hybridized carbons (Fsp3) is 0.130. The molecule has 178 valence electrons. The molecule has 1 aromatic heterocycles. The summed E-state index contributed by atoms with van der Waals surface area (Å²) in [6, 6.07) is 23.9. The molecule has 1 heterocycles. The van der Waals surface area contributed by atoms with Crippen LogP contribution in [0.1, 0.15) is 5.56 Å². The summed E-state index contributed by atoms with van der Waals surface area (Å²) >= 11 is 5.70. The summed E-state index contributed by atoms with van der Waals surface area (Å²) in [5.41, 5.74) is -2.48. The van der Waals surface area contributed by atoms with Crippen LogP contribution in [0.2, 0.25) is 0 Å². The van der Waals surface area contributed by atoms with E-state index in [1.54, 1.807) is 7.11 Å². The number of halogens is 3. The van der Waals surface area contributed by atoms with Gasteiger partial charge < -0.3 is 14.0 Å². The smallest absolute Gasteiger partial charge is 0.485 e. The number of aryl methyl sites for hydroxylation is 1. The maximum atomic E-state index is 10.7. The van der Waals surface area contributed by atoms with Gasteiger partial charge in [-0.15, -0.1) is 0 Å². The van der Waals surface area contributed by atoms with E-state index in [1.165, 1.54) is 0 Å². The van der Waals surface area contributed by atoms with E-state index < -0.39 is 15.6 Å². The van der Waals surface area contributed by atoms with E-state index in [4.69, 9.17) is 34.7 Å². The van der Waals surface area contributed by atoms with Crippen LogP contribution in [0.15, 0.2) is 72.8 Å². The van der Waals surface area contributed by atoms with Gasteiger partial charge in [-0.3, -0.25) is 0 Å². The molecule has 4 rings (SSSR count). The van der Waals surface area contributed by atoms with E-state index in [0.717, 1.165) is 33.1 Å². The summed E-state index contributed by atoms with van der Waals surface area (Å²) < 4.78 is 72.3. The molecule has 0 N–H and O–H groups in total. The fourth-order valence-corrected chi connectivity index (χ4v) is 3.57. The third kappa shape index (κ3) is 5.44. The number of benzene rings is 3. The van der Waals surface area contributed by atoms with Crippen LogP contribution in [0.4, 0.5) is 13.2 Å². The number of rotatable bonds is 3. The van der Waals surface area contributed by atoms with Gasteiger partial charge in [0.25, 0.3) is 0 Å². The Bertz CT molecular complexity index is 1400. The van der Waals surface area contributed by atoms with E-state index in [2.05, 4.69) is 35.9 Å². The van der Waals surface area contributed by atoms with Gasteiger partial charge in [0, 0.05) is 12.1 Å². The molecule has 0 aliphatic rings. The molecule has 4 aromatic rings. The Labute approximate surface area is 198 Å². The van der Waals surface area contributed by atoms with Crippen molar-refractivity contribution >= 4 is 49.2 Å². The molecule has 0 saturated heterocycles. The van der Waals surface area contributed by atoms with Gasteiger partial charge >= 0.3 is 5.51 Å². The maximum Gasteiger partial charge on any atom is 0.485 e. The Morgan fingerprint density at radius 2 is 1.29 bits per heavy atom. The largest absolute Gasteiger partial charge is 0.741 e. The quantitative estimate of drug-likeness (QED) is 0.132. The van der Waals surface area contributed by atoms with E-state index in [-0.39, 0.29) is 0 Å². The molecule has 11 heteroatoms. The zero-order valence-corrected chi connectivity index (χ0v) is 19.5. The molecule has 0 unspecified atom stereocenters. The van der Waals surface area contributed by atoms with Gasteiger partial charge in [-0.1, -0.05) is 24.3 Å². The van der Waals surface area contributed by atoms with E-state index in [0.29, 0.717) is 10.8 Å². The molecule has 0 spiro atoms. The van der Waals surface area contributed by atoms with Gasteiger partial charge in [-0.25, -0.2) is 8.42 Å². The molecule has 0 aliphatic carbocycles. The number of fused-ring (bicyclic) bond motifs is 2. The molecule has 0 atom stereocenters. The zero-order chi connectivity index (χ0) is 25.1. The lowest BCUT2D eigenvalue weighted by molar-refractivity contribution is -0.617. The van der Waals surface area contributed by atoms with Crippen molar-refractivity contribution in [1.82, 2.24) is 0 Å². The number of para-hydroxylation sites is 2. The summed E-state index contributed by atoms with van der Waals surface area (Å²) in [6.45, 7) is 0. The van der Waals surface area contributed by atoms with Gasteiger partial charge in [-0.2, -0.15) is 17.7 Å². The highest BCUT2D eigenvalue weighted by Gasteiger charge is 2.36. The Morgan fingerprint density at radius 3 is 1.71 bits per heavy atom. The van der Waals surface area contributed by atoms with E-state index in [9.17, 15) is 13.2 Å². The Morgan fingerprint density at radius 1 is 0.882 bits per heavy atom. The van der Waals surface area contributed by atoms with Crippen molar-refractivity contribution < 1.29 is 40.2 Å². The molecule has 0 radical (unpaired) electrons. The van der Waals surface area contributed by atoms with Crippen LogP contribution in [-0.2, 0) is 17.2 Å². The first kappa shape index (κ1) is 25.3. The number of alkyl halides is 3. The highest BCUT2D eigenvalue weighted by molar-refractivity contribution is 7.86. The van der Waals surface area contributed by atoms with Crippen LogP contribution < -0.4 is 14.0 Å². The lowest BCUT2D eigenvalue weighted by Crippen LogP contribution is -2.31. The van der Waals surface area contributed by atoms with Gasteiger partial charge in [0.2, 0.25) is 11.0 Å². The van der Waals surface area contributed by atoms with Crippen molar-refractivity contribution in [2.75, 3.05) is 7.11 Å². The van der Waals surface area contributed by atoms with Crippen molar-refractivity contribution in [3.05, 3.63) is 78.4 Å². The predicted molar refractivity (Wildman–Crippen MR) is 124 cm³/mol. The van der Waals surface area contributed by atoms with Gasteiger partial charge in [-0.05, 0) is 48.6 Å². The predicted octanol–water partition coefficient (Wildman–Crippen LogP) is 4.63. The van der Waals surface area contributed by atoms with Crippen LogP contribution in [-0.4, -0.2) is 30.6 Å². The number of methoxy groups -OCH3 is 1. The summed E-state index contributed by atoms with van der Waals surface area (Å²) in [5.74, 6) is 1.48. The monoisotopic (exact) mass is 509 g/mol. The fourth-order valence-electron chi connectivity index (χ4n) is 3.25. The van der Waals surface area contributed by atoms with Gasteiger partial charge in [0.1, 0.15) is 18.5 Å². The van der Waals surface area contributed by atoms with Crippen molar-refractivity contribution in [3.63, 3.8) is 0 Å². The SMILES string of the molecule is COc1ccc(OC(=S)c2c3ccccc3[n+](C)c3ccccc23)cc1.O=S(=O)([O-])C(F)(F)F. The summed E-state index contributed by atoms with van der Waals surface area (Å²) in [4.78, 5) is 0. The minimum Gasteiger partial charge on any atom is -0.741 e. The van der Waals surface area contributed by atoms with Crippen molar-refractivity contribution in [3.8, 4) is 11.5 Å². The third-order valence-electron chi connectivity index (χ3n) is 4.83. The van der Waals surface area contributed by atoms with Gasteiger partial charge in [0.15, 0.2) is 15.2 Å². The zero-order valence-electron chi connectivity index (χ0n) is 17.9. The number of hydrogen-bond acceptors (Lipinski definition) is 6. The van der Waals surface area contributed by atoms with Crippen molar-refractivity contribution in [2.24, 2.45) is 7.05 Å². The molecular formula is C23H18F3NO5S2. The molecule has 0 fully saturated rings. The number of thiocarbonyl (C=S) groups is 1. The average Bonchev–Trinajstić information content (AvgIpc) is 2.79.